The Hall–Kier alpha value is -5.02. The van der Waals surface area contributed by atoms with Gasteiger partial charge in [0.1, 0.15) is 30.0 Å². The van der Waals surface area contributed by atoms with Crippen LogP contribution in [0.3, 0.4) is 0 Å². The van der Waals surface area contributed by atoms with Crippen molar-refractivity contribution < 1.29 is 23.3 Å². The number of anilines is 5. The number of carbonyl (C=O) groups is 2. The number of likely N-dealkylation sites (tertiary alicyclic amines) is 1. The molecule has 2 aromatic heterocycles. The molecule has 1 unspecified atom stereocenters. The molecule has 338 valence electrons. The van der Waals surface area contributed by atoms with Gasteiger partial charge in [0.15, 0.2) is 0 Å². The lowest BCUT2D eigenvalue weighted by molar-refractivity contribution is -0.134. The Morgan fingerprint density at radius 3 is 2.50 bits per heavy atom. The van der Waals surface area contributed by atoms with Gasteiger partial charge in [-0.2, -0.15) is 4.98 Å². The van der Waals surface area contributed by atoms with E-state index in [9.17, 15) is 14.2 Å². The molecule has 3 aliphatic rings. The molecule has 8 rings (SSSR count). The summed E-state index contributed by atoms with van der Waals surface area (Å²) in [6.45, 7) is 10.4. The van der Waals surface area contributed by atoms with Crippen LogP contribution in [0.1, 0.15) is 68.1 Å². The summed E-state index contributed by atoms with van der Waals surface area (Å²) in [6, 6.07) is 14.1. The van der Waals surface area contributed by atoms with Gasteiger partial charge in [0.2, 0.25) is 17.8 Å². The normalized spacial score (nSPS) is 19.0. The summed E-state index contributed by atoms with van der Waals surface area (Å²) < 4.78 is 35.3. The quantitative estimate of drug-likeness (QED) is 0.0734. The third-order valence-corrected chi connectivity index (χ3v) is 15.1. The molecule has 3 N–H and O–H groups in total. The molecule has 2 amide bonds. The number of hydrogen-bond acceptors (Lipinski definition) is 13. The maximum atomic E-state index is 15.2. The third-order valence-electron chi connectivity index (χ3n) is 13.0. The molecular formula is C47H57BrFN10O4P. The number of halogens is 2. The minimum absolute atomic E-state index is 0.229. The zero-order valence-corrected chi connectivity index (χ0v) is 39.6. The molecule has 5 aromatic rings. The molecule has 3 aromatic carbocycles. The van der Waals surface area contributed by atoms with Crippen LogP contribution in [0.5, 0.6) is 5.75 Å². The van der Waals surface area contributed by atoms with Crippen molar-refractivity contribution in [1.82, 2.24) is 35.1 Å². The second-order valence-corrected chi connectivity index (χ2v) is 21.5. The fourth-order valence-electron chi connectivity index (χ4n) is 9.55. The predicted molar refractivity (Wildman–Crippen MR) is 255 cm³/mol. The number of aromatic nitrogens is 4. The third kappa shape index (κ3) is 10.1. The highest BCUT2D eigenvalue weighted by atomic mass is 79.9. The highest BCUT2D eigenvalue weighted by Gasteiger charge is 2.32. The molecule has 3 saturated heterocycles. The molecule has 0 aliphatic carbocycles. The first-order chi connectivity index (χ1) is 30.8. The summed E-state index contributed by atoms with van der Waals surface area (Å²) in [5, 5.41) is 9.73. The molecule has 0 bridgehead atoms. The monoisotopic (exact) mass is 954 g/mol. The number of piperidine rings is 3. The van der Waals surface area contributed by atoms with Crippen LogP contribution in [-0.2, 0) is 27.0 Å². The average molecular weight is 956 g/mol. The molecule has 17 heteroatoms. The zero-order valence-electron chi connectivity index (χ0n) is 37.2. The number of aryl methyl sites for hydroxylation is 1. The summed E-state index contributed by atoms with van der Waals surface area (Å²) in [7, 11) is 1.18. The summed E-state index contributed by atoms with van der Waals surface area (Å²) in [6.07, 6.45) is 11.4. The predicted octanol–water partition coefficient (Wildman–Crippen LogP) is 7.76. The fraction of sp³-hybridized carbons (Fsp3) is 0.447. The second kappa shape index (κ2) is 19.6. The summed E-state index contributed by atoms with van der Waals surface area (Å²) in [5.41, 5.74) is 6.32. The highest BCUT2D eigenvalue weighted by molar-refractivity contribution is 9.10. The van der Waals surface area contributed by atoms with Crippen LogP contribution < -0.4 is 30.9 Å². The number of hydrogen-bond donors (Lipinski definition) is 3. The van der Waals surface area contributed by atoms with Crippen molar-refractivity contribution in [3.8, 4) is 5.75 Å². The SMILES string of the molecule is CCc1cc(Nc2ncc(Br)c(Nc3ccc4nccnc4c3P(C)(C)=O)n2)c(OC)cc1N1CCC(N(C)[C@@H]2CCCN(CCc3ccc(C4CCC(=O)NC4=O)c(F)c3)C2)CC1. The van der Waals surface area contributed by atoms with Gasteiger partial charge in [-0.1, -0.05) is 19.1 Å². The van der Waals surface area contributed by atoms with Crippen LogP contribution >= 0.6 is 23.1 Å². The first-order valence-corrected chi connectivity index (χ1v) is 25.6. The Bertz CT molecular complexity index is 2590. The van der Waals surface area contributed by atoms with E-state index in [4.69, 9.17) is 9.72 Å². The number of methoxy groups -OCH3 is 1. The second-order valence-electron chi connectivity index (χ2n) is 17.5. The van der Waals surface area contributed by atoms with Gasteiger partial charge in [-0.25, -0.2) is 9.37 Å². The van der Waals surface area contributed by atoms with Crippen molar-refractivity contribution in [2.45, 2.75) is 76.3 Å². The number of likely N-dealkylation sites (N-methyl/N-ethyl adjacent to an activating group) is 1. The summed E-state index contributed by atoms with van der Waals surface area (Å²) in [4.78, 5) is 49.8. The maximum absolute atomic E-state index is 15.2. The van der Waals surface area contributed by atoms with Crippen molar-refractivity contribution in [3.63, 3.8) is 0 Å². The Morgan fingerprint density at radius 1 is 0.969 bits per heavy atom. The molecular weight excluding hydrogens is 898 g/mol. The van der Waals surface area contributed by atoms with Gasteiger partial charge < -0.3 is 29.7 Å². The van der Waals surface area contributed by atoms with Crippen molar-refractivity contribution in [1.29, 1.82) is 0 Å². The van der Waals surface area contributed by atoms with Crippen LogP contribution in [0.25, 0.3) is 11.0 Å². The number of rotatable bonds is 14. The van der Waals surface area contributed by atoms with Crippen molar-refractivity contribution in [3.05, 3.63) is 88.0 Å². The van der Waals surface area contributed by atoms with Gasteiger partial charge in [-0.15, -0.1) is 0 Å². The van der Waals surface area contributed by atoms with E-state index >= 15 is 4.39 Å². The highest BCUT2D eigenvalue weighted by Crippen LogP contribution is 2.42. The first-order valence-electron chi connectivity index (χ1n) is 22.2. The molecule has 3 fully saturated rings. The zero-order chi connectivity index (χ0) is 45.1. The van der Waals surface area contributed by atoms with Crippen molar-refractivity contribution >= 4 is 80.1 Å². The molecule has 2 atom stereocenters. The van der Waals surface area contributed by atoms with E-state index in [-0.39, 0.29) is 18.1 Å². The molecule has 3 aliphatic heterocycles. The number of fused-ring (bicyclic) bond motifs is 1. The van der Waals surface area contributed by atoms with Gasteiger partial charge in [0.05, 0.1) is 39.7 Å². The van der Waals surface area contributed by atoms with Gasteiger partial charge in [0, 0.05) is 80.6 Å². The largest absolute Gasteiger partial charge is 0.494 e. The first kappa shape index (κ1) is 45.5. The number of amides is 2. The van der Waals surface area contributed by atoms with E-state index in [1.165, 1.54) is 11.3 Å². The van der Waals surface area contributed by atoms with Crippen LogP contribution in [0.4, 0.5) is 33.2 Å². The van der Waals surface area contributed by atoms with E-state index in [0.717, 1.165) is 82.5 Å². The molecule has 64 heavy (non-hydrogen) atoms. The minimum atomic E-state index is -2.78. The van der Waals surface area contributed by atoms with Crippen molar-refractivity contribution in [2.24, 2.45) is 0 Å². The van der Waals surface area contributed by atoms with Gasteiger partial charge in [-0.3, -0.25) is 29.8 Å². The Morgan fingerprint density at radius 2 is 1.77 bits per heavy atom. The van der Waals surface area contributed by atoms with Crippen LogP contribution in [0.2, 0.25) is 0 Å². The Kier molecular flexibility index (Phi) is 14.0. The average Bonchev–Trinajstić information content (AvgIpc) is 3.29. The lowest BCUT2D eigenvalue weighted by Crippen LogP contribution is -2.53. The van der Waals surface area contributed by atoms with Crippen LogP contribution in [0, 0.1) is 5.82 Å². The van der Waals surface area contributed by atoms with Crippen molar-refractivity contribution in [2.75, 3.05) is 75.7 Å². The van der Waals surface area contributed by atoms with Gasteiger partial charge in [-0.05, 0) is 123 Å². The maximum Gasteiger partial charge on any atom is 0.234 e. The van der Waals surface area contributed by atoms with Gasteiger partial charge in [0.25, 0.3) is 0 Å². The number of nitrogens with zero attached hydrogens (tertiary/aromatic N) is 7. The Labute approximate surface area is 382 Å². The summed E-state index contributed by atoms with van der Waals surface area (Å²) in [5.74, 6) is -0.142. The fourth-order valence-corrected chi connectivity index (χ4v) is 11.2. The van der Waals surface area contributed by atoms with Gasteiger partial charge >= 0.3 is 0 Å². The van der Waals surface area contributed by atoms with E-state index in [2.05, 4.69) is 87.6 Å². The minimum Gasteiger partial charge on any atom is -0.494 e. The van der Waals surface area contributed by atoms with E-state index in [1.807, 2.05) is 18.2 Å². The summed E-state index contributed by atoms with van der Waals surface area (Å²) >= 11 is 3.60. The topological polar surface area (TPSA) is 158 Å². The number of ether oxygens (including phenoxy) is 1. The lowest BCUT2D eigenvalue weighted by atomic mass is 9.89. The number of benzene rings is 3. The number of imide groups is 1. The molecule has 0 spiro atoms. The smallest absolute Gasteiger partial charge is 0.234 e. The molecule has 5 heterocycles. The molecule has 14 nitrogen and oxygen atoms in total. The van der Waals surface area contributed by atoms with E-state index < -0.39 is 19.0 Å². The van der Waals surface area contributed by atoms with E-state index in [1.54, 1.807) is 51.2 Å². The standard InChI is InChI=1S/C47H57BrFN10O4P/c1-6-30-25-39(54-47-52-27-35(48)45(56-47)53-38-13-12-37-43(51-19-18-50-37)44(38)64(4,5)62)41(63-3)26-40(30)59-22-16-31(17-23-59)57(2)32-8-7-20-58(28-32)21-15-29-9-10-33(36(49)24-29)34-11-14-42(60)55-46(34)61/h9-10,12-13,18-19,24-27,31-32,34H,6-8,11,14-17,20-23,28H2,1-5H3,(H,55,60,61)(H2,52,53,54,56)/t32-,34?/m1/s1. The molecule has 0 saturated carbocycles. The van der Waals surface area contributed by atoms with Crippen LogP contribution in [-0.4, -0.2) is 114 Å². The van der Waals surface area contributed by atoms with E-state index in [0.29, 0.717) is 68.1 Å². The Balaban J connectivity index is 0.884. The molecule has 0 radical (unpaired) electrons. The lowest BCUT2D eigenvalue weighted by Gasteiger charge is -2.44. The number of nitrogens with one attached hydrogen (secondary N) is 3. The number of carbonyl (C=O) groups excluding carboxylic acids is 2. The van der Waals surface area contributed by atoms with Crippen LogP contribution in [0.15, 0.2) is 65.5 Å².